The summed E-state index contributed by atoms with van der Waals surface area (Å²) < 4.78 is 0. The van der Waals surface area contributed by atoms with Crippen LogP contribution in [0, 0.1) is 11.3 Å². The van der Waals surface area contributed by atoms with E-state index < -0.39 is 5.91 Å². The molecule has 0 fully saturated rings. The van der Waals surface area contributed by atoms with E-state index >= 15 is 0 Å². The van der Waals surface area contributed by atoms with Crippen molar-refractivity contribution in [2.45, 2.75) is 0 Å². The average molecular weight is 275 g/mol. The fourth-order valence-electron chi connectivity index (χ4n) is 1.30. The molecule has 0 saturated heterocycles. The molecule has 0 aromatic carbocycles. The lowest BCUT2D eigenvalue weighted by Crippen LogP contribution is -2.19. The Bertz CT molecular complexity index is 620. The molecule has 18 heavy (non-hydrogen) atoms. The Morgan fingerprint density at radius 3 is 3.00 bits per heavy atom. The van der Waals surface area contributed by atoms with Crippen LogP contribution in [-0.4, -0.2) is 17.9 Å². The van der Waals surface area contributed by atoms with Gasteiger partial charge in [-0.3, -0.25) is 4.79 Å². The van der Waals surface area contributed by atoms with Gasteiger partial charge in [-0.15, -0.1) is 11.3 Å². The molecular formula is C12H9N3OS2. The first-order chi connectivity index (χ1) is 8.74. The minimum atomic E-state index is -0.400. The number of rotatable bonds is 3. The van der Waals surface area contributed by atoms with E-state index in [9.17, 15) is 4.79 Å². The Balaban J connectivity index is 2.28. The van der Waals surface area contributed by atoms with Crippen molar-refractivity contribution in [3.63, 3.8) is 0 Å². The molecule has 2 aromatic rings. The highest BCUT2D eigenvalue weighted by Crippen LogP contribution is 2.26. The molecule has 4 nitrogen and oxygen atoms in total. The molecule has 2 rings (SSSR count). The third kappa shape index (κ3) is 2.64. The van der Waals surface area contributed by atoms with Crippen molar-refractivity contribution < 1.29 is 4.79 Å². The van der Waals surface area contributed by atoms with Crippen molar-refractivity contribution in [3.8, 4) is 16.6 Å². The molecule has 90 valence electrons. The summed E-state index contributed by atoms with van der Waals surface area (Å²) in [7, 11) is 1.49. The number of thiophene rings is 1. The zero-order chi connectivity index (χ0) is 13.0. The Labute approximate surface area is 112 Å². The molecular weight excluding hydrogens is 266 g/mol. The molecule has 6 heteroatoms. The van der Waals surface area contributed by atoms with E-state index in [-0.39, 0.29) is 5.57 Å². The Morgan fingerprint density at radius 2 is 2.39 bits per heavy atom. The smallest absolute Gasteiger partial charge is 0.261 e. The van der Waals surface area contributed by atoms with Gasteiger partial charge in [0.25, 0.3) is 5.91 Å². The average Bonchev–Trinajstić information content (AvgIpc) is 3.05. The van der Waals surface area contributed by atoms with Gasteiger partial charge < -0.3 is 5.32 Å². The molecule has 0 saturated carbocycles. The lowest BCUT2D eigenvalue weighted by atomic mass is 10.2. The van der Waals surface area contributed by atoms with Gasteiger partial charge in [0.1, 0.15) is 16.6 Å². The molecule has 0 aliphatic carbocycles. The third-order valence-electron chi connectivity index (χ3n) is 2.17. The standard InChI is InChI=1S/C12H9N3OS2/c1-14-11(16)9(5-13)4-10-7-18-12(15-10)8-2-3-17-6-8/h2-4,6-7H,1H3,(H,14,16). The molecule has 1 N–H and O–H groups in total. The van der Waals surface area contributed by atoms with Crippen LogP contribution in [0.3, 0.4) is 0 Å². The SMILES string of the molecule is CNC(=O)C(C#N)=Cc1csc(-c2ccsc2)n1. The van der Waals surface area contributed by atoms with E-state index in [2.05, 4.69) is 10.3 Å². The quantitative estimate of drug-likeness (QED) is 0.691. The van der Waals surface area contributed by atoms with Crippen LogP contribution in [0.4, 0.5) is 0 Å². The highest BCUT2D eigenvalue weighted by molar-refractivity contribution is 7.14. The minimum Gasteiger partial charge on any atom is -0.354 e. The summed E-state index contributed by atoms with van der Waals surface area (Å²) in [6.07, 6.45) is 1.49. The van der Waals surface area contributed by atoms with Crippen molar-refractivity contribution in [1.82, 2.24) is 10.3 Å². The molecule has 0 spiro atoms. The maximum Gasteiger partial charge on any atom is 0.261 e. The molecule has 2 heterocycles. The van der Waals surface area contributed by atoms with Crippen LogP contribution in [0.1, 0.15) is 5.69 Å². The molecule has 0 radical (unpaired) electrons. The first-order valence-corrected chi connectivity index (χ1v) is 6.89. The largest absolute Gasteiger partial charge is 0.354 e. The summed E-state index contributed by atoms with van der Waals surface area (Å²) in [4.78, 5) is 15.7. The summed E-state index contributed by atoms with van der Waals surface area (Å²) >= 11 is 3.09. The van der Waals surface area contributed by atoms with Gasteiger partial charge in [0, 0.05) is 23.4 Å². The summed E-state index contributed by atoms with van der Waals surface area (Å²) in [6.45, 7) is 0. The number of hydrogen-bond donors (Lipinski definition) is 1. The van der Waals surface area contributed by atoms with Crippen LogP contribution in [0.5, 0.6) is 0 Å². The highest BCUT2D eigenvalue weighted by Gasteiger charge is 2.09. The number of aromatic nitrogens is 1. The maximum absolute atomic E-state index is 11.4. The molecule has 0 bridgehead atoms. The van der Waals surface area contributed by atoms with Gasteiger partial charge in [-0.05, 0) is 17.5 Å². The number of hydrogen-bond acceptors (Lipinski definition) is 5. The number of nitrogens with one attached hydrogen (secondary N) is 1. The van der Waals surface area contributed by atoms with E-state index in [1.807, 2.05) is 28.3 Å². The normalized spacial score (nSPS) is 11.0. The molecule has 2 aromatic heterocycles. The number of carbonyl (C=O) groups excluding carboxylic acids is 1. The van der Waals surface area contributed by atoms with E-state index in [0.29, 0.717) is 5.69 Å². The second kappa shape index (κ2) is 5.58. The minimum absolute atomic E-state index is 0.0552. The summed E-state index contributed by atoms with van der Waals surface area (Å²) in [5.41, 5.74) is 1.74. The van der Waals surface area contributed by atoms with Gasteiger partial charge in [0.2, 0.25) is 0 Å². The van der Waals surface area contributed by atoms with Crippen LogP contribution < -0.4 is 5.32 Å². The highest BCUT2D eigenvalue weighted by atomic mass is 32.1. The zero-order valence-corrected chi connectivity index (χ0v) is 11.1. The van der Waals surface area contributed by atoms with Crippen LogP contribution in [-0.2, 0) is 4.79 Å². The number of nitriles is 1. The molecule has 0 unspecified atom stereocenters. The lowest BCUT2D eigenvalue weighted by Gasteiger charge is -1.94. The van der Waals surface area contributed by atoms with Crippen molar-refractivity contribution >= 4 is 34.7 Å². The van der Waals surface area contributed by atoms with Gasteiger partial charge in [0.15, 0.2) is 0 Å². The lowest BCUT2D eigenvalue weighted by molar-refractivity contribution is -0.116. The van der Waals surface area contributed by atoms with E-state index in [1.165, 1.54) is 24.5 Å². The molecule has 1 amide bonds. The second-order valence-corrected chi connectivity index (χ2v) is 4.98. The Kier molecular flexibility index (Phi) is 3.87. The number of amides is 1. The third-order valence-corrected chi connectivity index (χ3v) is 3.77. The van der Waals surface area contributed by atoms with Crippen LogP contribution in [0.15, 0.2) is 27.8 Å². The van der Waals surface area contributed by atoms with Gasteiger partial charge >= 0.3 is 0 Å². The summed E-state index contributed by atoms with van der Waals surface area (Å²) in [5, 5.41) is 18.0. The van der Waals surface area contributed by atoms with Crippen molar-refractivity contribution in [2.75, 3.05) is 7.05 Å². The topological polar surface area (TPSA) is 65.8 Å². The fraction of sp³-hybridized carbons (Fsp3) is 0.0833. The van der Waals surface area contributed by atoms with Gasteiger partial charge in [-0.2, -0.15) is 16.6 Å². The molecule has 0 aliphatic heterocycles. The fourth-order valence-corrected chi connectivity index (χ4v) is 2.79. The van der Waals surface area contributed by atoms with E-state index in [0.717, 1.165) is 10.6 Å². The van der Waals surface area contributed by atoms with Crippen LogP contribution in [0.25, 0.3) is 16.6 Å². The predicted octanol–water partition coefficient (Wildman–Crippen LogP) is 2.52. The summed E-state index contributed by atoms with van der Waals surface area (Å²) in [5.74, 6) is -0.400. The number of thiazole rings is 1. The van der Waals surface area contributed by atoms with Crippen LogP contribution in [0.2, 0.25) is 0 Å². The first-order valence-electron chi connectivity index (χ1n) is 5.06. The van der Waals surface area contributed by atoms with Crippen molar-refractivity contribution in [1.29, 1.82) is 5.26 Å². The summed E-state index contributed by atoms with van der Waals surface area (Å²) in [6, 6.07) is 3.85. The van der Waals surface area contributed by atoms with Gasteiger partial charge in [-0.1, -0.05) is 0 Å². The predicted molar refractivity (Wildman–Crippen MR) is 73.1 cm³/mol. The van der Waals surface area contributed by atoms with E-state index in [1.54, 1.807) is 11.3 Å². The van der Waals surface area contributed by atoms with Gasteiger partial charge in [0.05, 0.1) is 5.69 Å². The zero-order valence-electron chi connectivity index (χ0n) is 9.51. The molecule has 0 aliphatic rings. The number of nitrogens with zero attached hydrogens (tertiary/aromatic N) is 2. The second-order valence-electron chi connectivity index (χ2n) is 3.34. The monoisotopic (exact) mass is 275 g/mol. The van der Waals surface area contributed by atoms with Gasteiger partial charge in [-0.25, -0.2) is 4.98 Å². The molecule has 0 atom stereocenters. The Morgan fingerprint density at radius 1 is 1.56 bits per heavy atom. The first kappa shape index (κ1) is 12.5. The number of carbonyl (C=O) groups is 1. The maximum atomic E-state index is 11.4. The Hall–Kier alpha value is -1.97. The number of likely N-dealkylation sites (N-methyl/N-ethyl adjacent to an activating group) is 1. The van der Waals surface area contributed by atoms with E-state index in [4.69, 9.17) is 5.26 Å². The van der Waals surface area contributed by atoms with Crippen LogP contribution >= 0.6 is 22.7 Å². The van der Waals surface area contributed by atoms with Crippen molar-refractivity contribution in [2.24, 2.45) is 0 Å². The van der Waals surface area contributed by atoms with Crippen molar-refractivity contribution in [3.05, 3.63) is 33.5 Å².